The lowest BCUT2D eigenvalue weighted by atomic mass is 10.7. The summed E-state index contributed by atoms with van der Waals surface area (Å²) in [6.07, 6.45) is 1.47. The third-order valence-electron chi connectivity index (χ3n) is 0.909. The second kappa shape index (κ2) is 2.41. The van der Waals surface area contributed by atoms with Gasteiger partial charge in [0.05, 0.1) is 6.54 Å². The van der Waals surface area contributed by atoms with E-state index in [0.29, 0.717) is 6.54 Å². The molecule has 5 heteroatoms. The maximum absolute atomic E-state index is 10.6. The number of aliphatic imine (C=N–C) groups is 1. The fourth-order valence-corrected chi connectivity index (χ4v) is 0.789. The number of carbonyl (C=O) groups excluding carboxylic acids is 1. The Morgan fingerprint density at radius 1 is 2.00 bits per heavy atom. The zero-order chi connectivity index (χ0) is 6.85. The molecule has 0 spiro atoms. The van der Waals surface area contributed by atoms with Gasteiger partial charge >= 0.3 is 6.03 Å². The fraction of sp³-hybridized carbons (Fsp3) is 0.250. The van der Waals surface area contributed by atoms with Crippen LogP contribution >= 0.6 is 23.8 Å². The quantitative estimate of drug-likeness (QED) is 0.303. The summed E-state index contributed by atoms with van der Waals surface area (Å²) >= 11 is 9.86. The molecule has 0 saturated heterocycles. The van der Waals surface area contributed by atoms with Gasteiger partial charge in [-0.1, -0.05) is 11.6 Å². The minimum Gasteiger partial charge on any atom is -0.268 e. The Labute approximate surface area is 62.3 Å². The number of rotatable bonds is 0. The number of carbonyl (C=O) groups is 1. The van der Waals surface area contributed by atoms with Crippen LogP contribution in [0.2, 0.25) is 0 Å². The molecule has 0 aromatic rings. The molecule has 1 heterocycles. The van der Waals surface area contributed by atoms with Crippen molar-refractivity contribution in [1.29, 1.82) is 0 Å². The molecule has 3 nitrogen and oxygen atoms in total. The van der Waals surface area contributed by atoms with Crippen LogP contribution in [-0.4, -0.2) is 28.1 Å². The normalized spacial score (nSPS) is 17.0. The molecular weight excluding hydrogens is 160 g/mol. The molecule has 0 radical (unpaired) electrons. The summed E-state index contributed by atoms with van der Waals surface area (Å²) in [5, 5.41) is 0. The zero-order valence-electron chi connectivity index (χ0n) is 4.37. The van der Waals surface area contributed by atoms with E-state index in [1.165, 1.54) is 11.1 Å². The van der Waals surface area contributed by atoms with E-state index in [2.05, 4.69) is 17.2 Å². The first-order valence-corrected chi connectivity index (χ1v) is 3.04. The molecule has 0 N–H and O–H groups in total. The van der Waals surface area contributed by atoms with Gasteiger partial charge in [0.2, 0.25) is 0 Å². The van der Waals surface area contributed by atoms with E-state index < -0.39 is 0 Å². The summed E-state index contributed by atoms with van der Waals surface area (Å²) in [4.78, 5) is 15.2. The number of thiocarbonyl (C=S) groups is 1. The molecule has 0 fully saturated rings. The summed E-state index contributed by atoms with van der Waals surface area (Å²) < 4.78 is 0.0532. The van der Waals surface area contributed by atoms with Gasteiger partial charge in [0.1, 0.15) is 0 Å². The first kappa shape index (κ1) is 6.64. The average Bonchev–Trinajstić information content (AvgIpc) is 2.13. The van der Waals surface area contributed by atoms with Crippen LogP contribution in [0.1, 0.15) is 0 Å². The van der Waals surface area contributed by atoms with Crippen molar-refractivity contribution >= 4 is 40.5 Å². The standard InChI is InChI=1S/C4H3ClN2OS/c5-3(9)7-2-1-6-4(7)8/h1H,2H2. The second-order valence-corrected chi connectivity index (χ2v) is 2.43. The highest BCUT2D eigenvalue weighted by molar-refractivity contribution is 7.83. The lowest BCUT2D eigenvalue weighted by Crippen LogP contribution is -2.26. The fourth-order valence-electron chi connectivity index (χ4n) is 0.495. The van der Waals surface area contributed by atoms with E-state index in [-0.39, 0.29) is 10.5 Å². The van der Waals surface area contributed by atoms with Crippen molar-refractivity contribution in [2.24, 2.45) is 4.99 Å². The lowest BCUT2D eigenvalue weighted by molar-refractivity contribution is 0.238. The molecular formula is C4H3ClN2OS. The Morgan fingerprint density at radius 3 is 2.89 bits per heavy atom. The van der Waals surface area contributed by atoms with Crippen LogP contribution in [0.5, 0.6) is 0 Å². The Morgan fingerprint density at radius 2 is 2.67 bits per heavy atom. The smallest absolute Gasteiger partial charge is 0.268 e. The zero-order valence-corrected chi connectivity index (χ0v) is 5.95. The molecule has 0 atom stereocenters. The average molecular weight is 163 g/mol. The summed E-state index contributed by atoms with van der Waals surface area (Å²) in [5.41, 5.74) is 0. The Balaban J connectivity index is 2.66. The highest BCUT2D eigenvalue weighted by atomic mass is 35.5. The number of amides is 2. The molecule has 9 heavy (non-hydrogen) atoms. The highest BCUT2D eigenvalue weighted by Crippen LogP contribution is 2.03. The third-order valence-corrected chi connectivity index (χ3v) is 1.33. The number of nitrogens with zero attached hydrogens (tertiary/aromatic N) is 2. The molecule has 48 valence electrons. The van der Waals surface area contributed by atoms with Gasteiger partial charge in [-0.15, -0.1) is 0 Å². The van der Waals surface area contributed by atoms with E-state index in [1.54, 1.807) is 0 Å². The summed E-state index contributed by atoms with van der Waals surface area (Å²) in [5.74, 6) is 0. The predicted octanol–water partition coefficient (Wildman–Crippen LogP) is 1.02. The van der Waals surface area contributed by atoms with Gasteiger partial charge in [-0.25, -0.2) is 9.79 Å². The van der Waals surface area contributed by atoms with Crippen molar-refractivity contribution in [3.8, 4) is 0 Å². The van der Waals surface area contributed by atoms with Gasteiger partial charge in [-0.3, -0.25) is 4.90 Å². The molecule has 1 aliphatic rings. The minimum absolute atomic E-state index is 0.0532. The maximum Gasteiger partial charge on any atom is 0.349 e. The molecule has 0 aromatic heterocycles. The molecule has 1 aliphatic heterocycles. The van der Waals surface area contributed by atoms with Crippen LogP contribution < -0.4 is 0 Å². The molecule has 0 unspecified atom stereocenters. The van der Waals surface area contributed by atoms with E-state index in [9.17, 15) is 4.79 Å². The highest BCUT2D eigenvalue weighted by Gasteiger charge is 2.18. The van der Waals surface area contributed by atoms with E-state index in [1.807, 2.05) is 0 Å². The molecule has 0 aliphatic carbocycles. The Hall–Kier alpha value is -0.480. The first-order chi connectivity index (χ1) is 4.22. The van der Waals surface area contributed by atoms with E-state index >= 15 is 0 Å². The summed E-state index contributed by atoms with van der Waals surface area (Å²) in [6.45, 7) is 0.404. The number of urea groups is 1. The first-order valence-electron chi connectivity index (χ1n) is 2.25. The molecule has 1 rings (SSSR count). The van der Waals surface area contributed by atoms with Gasteiger partial charge < -0.3 is 0 Å². The van der Waals surface area contributed by atoms with Crippen molar-refractivity contribution in [2.75, 3.05) is 6.54 Å². The van der Waals surface area contributed by atoms with Gasteiger partial charge in [0.25, 0.3) is 0 Å². The van der Waals surface area contributed by atoms with E-state index in [4.69, 9.17) is 11.6 Å². The maximum atomic E-state index is 10.6. The van der Waals surface area contributed by atoms with Crippen molar-refractivity contribution < 1.29 is 4.79 Å². The van der Waals surface area contributed by atoms with Crippen LogP contribution in [-0.2, 0) is 0 Å². The van der Waals surface area contributed by atoms with Crippen molar-refractivity contribution in [3.63, 3.8) is 0 Å². The topological polar surface area (TPSA) is 32.7 Å². The largest absolute Gasteiger partial charge is 0.349 e. The Bertz CT molecular complexity index is 191. The number of halogens is 1. The van der Waals surface area contributed by atoms with Crippen LogP contribution in [0.15, 0.2) is 4.99 Å². The molecule has 0 aromatic carbocycles. The Kier molecular flexibility index (Phi) is 1.78. The SMILES string of the molecule is O=C1N=CCN1C(=S)Cl. The molecule has 2 amide bonds. The monoisotopic (exact) mass is 162 g/mol. The third kappa shape index (κ3) is 1.25. The van der Waals surface area contributed by atoms with Crippen LogP contribution in [0.4, 0.5) is 4.79 Å². The van der Waals surface area contributed by atoms with Gasteiger partial charge in [0, 0.05) is 6.21 Å². The summed E-state index contributed by atoms with van der Waals surface area (Å²) in [6, 6.07) is -0.380. The van der Waals surface area contributed by atoms with Crippen molar-refractivity contribution in [2.45, 2.75) is 0 Å². The molecule has 0 bridgehead atoms. The lowest BCUT2D eigenvalue weighted by Gasteiger charge is -2.07. The second-order valence-electron chi connectivity index (χ2n) is 1.46. The molecule has 0 saturated carbocycles. The number of hydrogen-bond acceptors (Lipinski definition) is 2. The van der Waals surface area contributed by atoms with Crippen molar-refractivity contribution in [3.05, 3.63) is 0 Å². The van der Waals surface area contributed by atoms with Crippen molar-refractivity contribution in [1.82, 2.24) is 4.90 Å². The van der Waals surface area contributed by atoms with Crippen LogP contribution in [0.25, 0.3) is 0 Å². The van der Waals surface area contributed by atoms with Crippen LogP contribution in [0.3, 0.4) is 0 Å². The number of hydrogen-bond donors (Lipinski definition) is 0. The van der Waals surface area contributed by atoms with Crippen LogP contribution in [0, 0.1) is 0 Å². The predicted molar refractivity (Wildman–Crippen MR) is 39.0 cm³/mol. The summed E-state index contributed by atoms with van der Waals surface area (Å²) in [7, 11) is 0. The van der Waals surface area contributed by atoms with Gasteiger partial charge in [0.15, 0.2) is 4.45 Å². The minimum atomic E-state index is -0.380. The van der Waals surface area contributed by atoms with Gasteiger partial charge in [-0.05, 0) is 12.2 Å². The van der Waals surface area contributed by atoms with E-state index in [0.717, 1.165) is 0 Å². The van der Waals surface area contributed by atoms with Gasteiger partial charge in [-0.2, -0.15) is 0 Å².